The van der Waals surface area contributed by atoms with Gasteiger partial charge < -0.3 is 9.47 Å². The zero-order valence-corrected chi connectivity index (χ0v) is 17.4. The van der Waals surface area contributed by atoms with Gasteiger partial charge in [-0.2, -0.15) is 0 Å². The molecule has 3 nitrogen and oxygen atoms in total. The van der Waals surface area contributed by atoms with E-state index in [1.165, 1.54) is 22.8 Å². The topological polar surface area (TPSA) is 35.5 Å². The van der Waals surface area contributed by atoms with Gasteiger partial charge in [-0.15, -0.1) is 0 Å². The van der Waals surface area contributed by atoms with E-state index in [1.54, 1.807) is 6.08 Å². The lowest BCUT2D eigenvalue weighted by Crippen LogP contribution is -2.19. The normalized spacial score (nSPS) is 10.8. The van der Waals surface area contributed by atoms with Crippen LogP contribution >= 0.6 is 0 Å². The highest BCUT2D eigenvalue weighted by Crippen LogP contribution is 2.32. The van der Waals surface area contributed by atoms with E-state index < -0.39 is 0 Å². The van der Waals surface area contributed by atoms with E-state index in [4.69, 9.17) is 9.47 Å². The van der Waals surface area contributed by atoms with Crippen LogP contribution in [-0.2, 0) is 32.5 Å². The monoisotopic (exact) mass is 390 g/mol. The molecule has 0 radical (unpaired) electrons. The summed E-state index contributed by atoms with van der Waals surface area (Å²) in [5.74, 6) is 0.205. The molecule has 3 heteroatoms. The lowest BCUT2D eigenvalue weighted by atomic mass is 9.77. The smallest absolute Gasteiger partial charge is 0.330 e. The van der Waals surface area contributed by atoms with E-state index in [-0.39, 0.29) is 11.4 Å². The molecule has 0 aromatic heterocycles. The van der Waals surface area contributed by atoms with Crippen molar-refractivity contribution in [1.29, 1.82) is 0 Å². The summed E-state index contributed by atoms with van der Waals surface area (Å²) in [6.07, 6.45) is 4.29. The maximum absolute atomic E-state index is 11.2. The minimum atomic E-state index is -0.390. The van der Waals surface area contributed by atoms with Crippen molar-refractivity contribution in [1.82, 2.24) is 0 Å². The van der Waals surface area contributed by atoms with E-state index in [1.807, 2.05) is 0 Å². The molecule has 0 unspecified atom stereocenters. The highest BCUT2D eigenvalue weighted by molar-refractivity contribution is 5.81. The van der Waals surface area contributed by atoms with Crippen LogP contribution in [0, 0.1) is 0 Å². The van der Waals surface area contributed by atoms with Crippen molar-refractivity contribution in [2.24, 2.45) is 0 Å². The SMILES string of the molecule is C=CC(=C)OCCc1cccc(C(C)(C)c2cccc(CCOC(=O)C=C)c2)c1. The molecule has 2 rings (SSSR count). The first kappa shape index (κ1) is 22.2. The molecule has 0 aliphatic carbocycles. The molecule has 0 aliphatic rings. The number of benzene rings is 2. The number of carbonyl (C=O) groups is 1. The average molecular weight is 391 g/mol. The lowest BCUT2D eigenvalue weighted by Gasteiger charge is -2.27. The summed E-state index contributed by atoms with van der Waals surface area (Å²) in [6, 6.07) is 17.0. The van der Waals surface area contributed by atoms with E-state index in [2.05, 4.69) is 82.1 Å². The average Bonchev–Trinajstić information content (AvgIpc) is 2.73. The molecule has 0 saturated carbocycles. The second-order valence-corrected chi connectivity index (χ2v) is 7.42. The number of ether oxygens (including phenoxy) is 2. The first-order valence-electron chi connectivity index (χ1n) is 9.79. The largest absolute Gasteiger partial charge is 0.494 e. The highest BCUT2D eigenvalue weighted by atomic mass is 16.5. The van der Waals surface area contributed by atoms with Gasteiger partial charge in [0, 0.05) is 24.3 Å². The Balaban J connectivity index is 2.11. The van der Waals surface area contributed by atoms with Crippen molar-refractivity contribution in [2.75, 3.05) is 13.2 Å². The fourth-order valence-corrected chi connectivity index (χ4v) is 3.09. The zero-order valence-electron chi connectivity index (χ0n) is 17.4. The Morgan fingerprint density at radius 1 is 0.897 bits per heavy atom. The second-order valence-electron chi connectivity index (χ2n) is 7.42. The summed E-state index contributed by atoms with van der Waals surface area (Å²) < 4.78 is 10.6. The van der Waals surface area contributed by atoms with Crippen molar-refractivity contribution < 1.29 is 14.3 Å². The van der Waals surface area contributed by atoms with Gasteiger partial charge >= 0.3 is 5.97 Å². The van der Waals surface area contributed by atoms with Crippen LogP contribution < -0.4 is 0 Å². The van der Waals surface area contributed by atoms with Crippen LogP contribution in [0.4, 0.5) is 0 Å². The van der Waals surface area contributed by atoms with E-state index in [0.717, 1.165) is 12.0 Å². The molecule has 0 atom stereocenters. The summed E-state index contributed by atoms with van der Waals surface area (Å²) in [4.78, 5) is 11.2. The fourth-order valence-electron chi connectivity index (χ4n) is 3.09. The summed E-state index contributed by atoms with van der Waals surface area (Å²) in [5.41, 5.74) is 4.67. The van der Waals surface area contributed by atoms with E-state index >= 15 is 0 Å². The first-order valence-corrected chi connectivity index (χ1v) is 9.79. The standard InChI is InChI=1S/C26H30O3/c1-6-20(3)28-16-14-21-10-8-12-23(18-21)26(4,5)24-13-9-11-22(19-24)15-17-29-25(27)7-2/h6-13,18-19H,1-3,14-17H2,4-5H3. The van der Waals surface area contributed by atoms with E-state index in [0.29, 0.717) is 25.4 Å². The Morgan fingerprint density at radius 3 is 1.90 bits per heavy atom. The van der Waals surface area contributed by atoms with Crippen molar-refractivity contribution in [3.05, 3.63) is 108 Å². The predicted octanol–water partition coefficient (Wildman–Crippen LogP) is 5.54. The molecule has 0 N–H and O–H groups in total. The minimum absolute atomic E-state index is 0.157. The summed E-state index contributed by atoms with van der Waals surface area (Å²) in [5, 5.41) is 0. The van der Waals surface area contributed by atoms with Gasteiger partial charge in [0.2, 0.25) is 0 Å². The molecule has 0 spiro atoms. The van der Waals surface area contributed by atoms with Gasteiger partial charge in [-0.05, 0) is 28.3 Å². The highest BCUT2D eigenvalue weighted by Gasteiger charge is 2.23. The number of allylic oxidation sites excluding steroid dienone is 1. The summed E-state index contributed by atoms with van der Waals surface area (Å²) in [6.45, 7) is 16.2. The van der Waals surface area contributed by atoms with Gasteiger partial charge in [-0.1, -0.05) is 82.1 Å². The van der Waals surface area contributed by atoms with Crippen LogP contribution in [0.3, 0.4) is 0 Å². The third-order valence-corrected chi connectivity index (χ3v) is 5.00. The fraction of sp³-hybridized carbons (Fsp3) is 0.269. The van der Waals surface area contributed by atoms with Crippen LogP contribution in [0.5, 0.6) is 0 Å². The lowest BCUT2D eigenvalue weighted by molar-refractivity contribution is -0.137. The van der Waals surface area contributed by atoms with Gasteiger partial charge in [0.1, 0.15) is 5.76 Å². The Morgan fingerprint density at radius 2 is 1.41 bits per heavy atom. The van der Waals surface area contributed by atoms with Crippen LogP contribution in [0.25, 0.3) is 0 Å². The van der Waals surface area contributed by atoms with E-state index in [9.17, 15) is 4.79 Å². The molecule has 2 aromatic carbocycles. The summed E-state index contributed by atoms with van der Waals surface area (Å²) >= 11 is 0. The van der Waals surface area contributed by atoms with Gasteiger partial charge in [-0.3, -0.25) is 0 Å². The number of rotatable bonds is 11. The quantitative estimate of drug-likeness (QED) is 0.219. The molecule has 0 bridgehead atoms. The number of esters is 1. The number of carbonyl (C=O) groups excluding carboxylic acids is 1. The molecule has 0 fully saturated rings. The third kappa shape index (κ3) is 6.49. The van der Waals surface area contributed by atoms with Gasteiger partial charge in [0.25, 0.3) is 0 Å². The predicted molar refractivity (Wildman–Crippen MR) is 119 cm³/mol. The molecular weight excluding hydrogens is 360 g/mol. The van der Waals surface area contributed by atoms with Gasteiger partial charge in [0.05, 0.1) is 13.2 Å². The Kier molecular flexibility index (Phi) is 8.02. The molecule has 0 aliphatic heterocycles. The zero-order chi connectivity index (χ0) is 21.3. The molecular formula is C26H30O3. The number of hydrogen-bond donors (Lipinski definition) is 0. The Hall–Kier alpha value is -3.07. The van der Waals surface area contributed by atoms with Crippen LogP contribution in [0.15, 0.2) is 86.2 Å². The van der Waals surface area contributed by atoms with Crippen LogP contribution in [-0.4, -0.2) is 19.2 Å². The first-order chi connectivity index (χ1) is 13.9. The Labute approximate surface area is 174 Å². The molecule has 0 saturated heterocycles. The van der Waals surface area contributed by atoms with Crippen molar-refractivity contribution in [2.45, 2.75) is 32.1 Å². The molecule has 0 amide bonds. The molecule has 29 heavy (non-hydrogen) atoms. The van der Waals surface area contributed by atoms with Crippen LogP contribution in [0.1, 0.15) is 36.1 Å². The maximum atomic E-state index is 11.2. The third-order valence-electron chi connectivity index (χ3n) is 5.00. The molecule has 2 aromatic rings. The van der Waals surface area contributed by atoms with Crippen molar-refractivity contribution in [3.63, 3.8) is 0 Å². The number of hydrogen-bond acceptors (Lipinski definition) is 3. The van der Waals surface area contributed by atoms with Gasteiger partial charge in [0.15, 0.2) is 0 Å². The maximum Gasteiger partial charge on any atom is 0.330 e. The summed E-state index contributed by atoms with van der Waals surface area (Å²) in [7, 11) is 0. The van der Waals surface area contributed by atoms with Crippen LogP contribution in [0.2, 0.25) is 0 Å². The minimum Gasteiger partial charge on any atom is -0.494 e. The van der Waals surface area contributed by atoms with Crippen molar-refractivity contribution >= 4 is 5.97 Å². The second kappa shape index (κ2) is 10.5. The van der Waals surface area contributed by atoms with Crippen molar-refractivity contribution in [3.8, 4) is 0 Å². The Bertz CT molecular complexity index is 806. The molecule has 0 heterocycles. The molecule has 152 valence electrons. The van der Waals surface area contributed by atoms with Gasteiger partial charge in [-0.25, -0.2) is 4.79 Å².